The summed E-state index contributed by atoms with van der Waals surface area (Å²) >= 11 is 0. The van der Waals surface area contributed by atoms with Crippen LogP contribution in [0.5, 0.6) is 0 Å². The van der Waals surface area contributed by atoms with Gasteiger partial charge in [0.2, 0.25) is 47.3 Å². The Bertz CT molecular complexity index is 2740. The molecule has 1 heterocycles. The summed E-state index contributed by atoms with van der Waals surface area (Å²) in [7, 11) is 6.08. The molecule has 0 spiro atoms. The first-order chi connectivity index (χ1) is 44.0. The van der Waals surface area contributed by atoms with Gasteiger partial charge >= 0.3 is 12.1 Å². The van der Waals surface area contributed by atoms with Crippen molar-refractivity contribution < 1.29 is 72.0 Å². The van der Waals surface area contributed by atoms with E-state index in [4.69, 9.17) is 24.7 Å². The summed E-state index contributed by atoms with van der Waals surface area (Å²) < 4.78 is 22.7. The molecule has 520 valence electrons. The zero-order valence-corrected chi connectivity index (χ0v) is 57.1. The Labute approximate surface area is 549 Å². The average molecular weight is 1310 g/mol. The molecule has 1 aliphatic heterocycles. The zero-order chi connectivity index (χ0) is 69.6. The topological polar surface area (TPSA) is 348 Å². The molecule has 0 radical (unpaired) electrons. The van der Waals surface area contributed by atoms with Crippen molar-refractivity contribution in [2.24, 2.45) is 35.3 Å². The van der Waals surface area contributed by atoms with Crippen LogP contribution in [0, 0.1) is 29.6 Å². The molecule has 11 amide bonds. The Kier molecular flexibility index (Phi) is 34.4. The number of aliphatic hydroxyl groups excluding tert-OH is 1. The van der Waals surface area contributed by atoms with E-state index in [0.717, 1.165) is 0 Å². The molecule has 3 rings (SSSR count). The van der Waals surface area contributed by atoms with Gasteiger partial charge in [-0.15, -0.1) is 0 Å². The van der Waals surface area contributed by atoms with E-state index in [1.54, 1.807) is 109 Å². The molecular formula is C67H107N11O15. The molecule has 10 N–H and O–H groups in total. The maximum atomic E-state index is 14.8. The maximum Gasteiger partial charge on any atom is 0.410 e. The highest BCUT2D eigenvalue weighted by Crippen LogP contribution is 2.30. The lowest BCUT2D eigenvalue weighted by molar-refractivity contribution is -0.148. The molecule has 0 aliphatic carbocycles. The average Bonchev–Trinajstić information content (AvgIpc) is 1.85. The van der Waals surface area contributed by atoms with Gasteiger partial charge in [0.05, 0.1) is 61.6 Å². The van der Waals surface area contributed by atoms with Gasteiger partial charge in [0.15, 0.2) is 0 Å². The van der Waals surface area contributed by atoms with E-state index < -0.39 is 120 Å². The van der Waals surface area contributed by atoms with Crippen LogP contribution in [0.15, 0.2) is 67.4 Å². The molecule has 12 atom stereocenters. The number of ether oxygens (including phenoxy) is 4. The second-order valence-corrected chi connectivity index (χ2v) is 25.0. The van der Waals surface area contributed by atoms with E-state index >= 15 is 0 Å². The van der Waals surface area contributed by atoms with Gasteiger partial charge in [-0.05, 0) is 86.0 Å². The first kappa shape index (κ1) is 79.4. The SMILES string of the molecule is C=COCCNC(=O)CCCC(=O)N[C@H](C(=O)N[C@@H](CCCNC(N)=O)C(=O)Nc1ccc(COC(=O)N(C)[C@H](C(=O)N[C@H](C(=O)N(C)[C@@H]([C@@H](C)CC)[C@@H](CC(=O)N2CCC[C@H]2[C@H](OC)[C@@H](C)C(=O)N[C@H](C)[C@@H](O)c2ccccc2)OC)C(C)C)C(C)C)cc1)C(C)C. The number of likely N-dealkylation sites (tertiary alicyclic amines) is 1. The van der Waals surface area contributed by atoms with Crippen molar-refractivity contribution in [1.29, 1.82) is 0 Å². The highest BCUT2D eigenvalue weighted by Gasteiger charge is 2.44. The number of aliphatic hydroxyl groups is 1. The summed E-state index contributed by atoms with van der Waals surface area (Å²) in [5.74, 6) is -5.63. The van der Waals surface area contributed by atoms with Crippen molar-refractivity contribution in [3.8, 4) is 0 Å². The van der Waals surface area contributed by atoms with Crippen molar-refractivity contribution in [1.82, 2.24) is 46.6 Å². The maximum absolute atomic E-state index is 14.8. The summed E-state index contributed by atoms with van der Waals surface area (Å²) in [6.07, 6.45) is 0.467. The quantitative estimate of drug-likeness (QED) is 0.0312. The fraction of sp³-hybridized carbons (Fsp3) is 0.642. The molecule has 26 heteroatoms. The lowest BCUT2D eigenvalue weighted by atomic mass is 9.89. The van der Waals surface area contributed by atoms with E-state index in [-0.39, 0.29) is 94.4 Å². The van der Waals surface area contributed by atoms with Gasteiger partial charge in [0, 0.05) is 59.9 Å². The van der Waals surface area contributed by atoms with Crippen LogP contribution in [-0.2, 0) is 63.9 Å². The second-order valence-electron chi connectivity index (χ2n) is 25.0. The number of primary amides is 1. The number of likely N-dealkylation sites (N-methyl/N-ethyl adjacent to an activating group) is 2. The highest BCUT2D eigenvalue weighted by atomic mass is 16.6. The third-order valence-electron chi connectivity index (χ3n) is 17.0. The molecule has 0 bridgehead atoms. The number of amides is 11. The summed E-state index contributed by atoms with van der Waals surface area (Å²) in [5.41, 5.74) is 6.76. The van der Waals surface area contributed by atoms with Crippen molar-refractivity contribution in [2.45, 2.75) is 194 Å². The molecule has 2 aromatic carbocycles. The lowest BCUT2D eigenvalue weighted by Crippen LogP contribution is -2.60. The van der Waals surface area contributed by atoms with Crippen LogP contribution in [0.4, 0.5) is 15.3 Å². The van der Waals surface area contributed by atoms with Crippen LogP contribution in [0.25, 0.3) is 0 Å². The van der Waals surface area contributed by atoms with Crippen molar-refractivity contribution in [3.05, 3.63) is 78.6 Å². The first-order valence-corrected chi connectivity index (χ1v) is 32.4. The predicted octanol–water partition coefficient (Wildman–Crippen LogP) is 5.04. The largest absolute Gasteiger partial charge is 0.500 e. The third kappa shape index (κ3) is 25.2. The molecule has 1 saturated heterocycles. The minimum absolute atomic E-state index is 0.0288. The lowest BCUT2D eigenvalue weighted by Gasteiger charge is -2.41. The van der Waals surface area contributed by atoms with E-state index in [1.165, 1.54) is 32.4 Å². The van der Waals surface area contributed by atoms with Gasteiger partial charge in [-0.25, -0.2) is 9.59 Å². The van der Waals surface area contributed by atoms with Crippen LogP contribution >= 0.6 is 0 Å². The summed E-state index contributed by atoms with van der Waals surface area (Å²) in [6.45, 7) is 22.3. The Balaban J connectivity index is 1.69. The molecular weight excluding hydrogens is 1200 g/mol. The number of hydrogen-bond donors (Lipinski definition) is 9. The Morgan fingerprint density at radius 3 is 1.96 bits per heavy atom. The van der Waals surface area contributed by atoms with Gasteiger partial charge < -0.3 is 76.8 Å². The molecule has 26 nitrogen and oxygen atoms in total. The Morgan fingerprint density at radius 2 is 1.38 bits per heavy atom. The number of carbonyl (C=O) groups excluding carboxylic acids is 10. The number of nitrogens with zero attached hydrogens (tertiary/aromatic N) is 3. The summed E-state index contributed by atoms with van der Waals surface area (Å²) in [4.78, 5) is 140. The fourth-order valence-corrected chi connectivity index (χ4v) is 11.5. The fourth-order valence-electron chi connectivity index (χ4n) is 11.5. The van der Waals surface area contributed by atoms with E-state index in [0.29, 0.717) is 42.6 Å². The number of methoxy groups -OCH3 is 2. The first-order valence-electron chi connectivity index (χ1n) is 32.4. The number of nitrogens with two attached hydrogens (primary N) is 1. The number of hydrogen-bond acceptors (Lipinski definition) is 15. The number of carbonyl (C=O) groups is 10. The minimum Gasteiger partial charge on any atom is -0.500 e. The van der Waals surface area contributed by atoms with Crippen molar-refractivity contribution in [3.63, 3.8) is 0 Å². The number of anilines is 1. The van der Waals surface area contributed by atoms with Crippen LogP contribution in [0.1, 0.15) is 144 Å². The van der Waals surface area contributed by atoms with Gasteiger partial charge in [-0.3, -0.25) is 43.3 Å². The summed E-state index contributed by atoms with van der Waals surface area (Å²) in [6, 6.07) is 8.71. The number of nitrogens with one attached hydrogen (secondary N) is 7. The third-order valence-corrected chi connectivity index (χ3v) is 17.0. The van der Waals surface area contributed by atoms with Crippen molar-refractivity contribution in [2.75, 3.05) is 59.9 Å². The monoisotopic (exact) mass is 1310 g/mol. The summed E-state index contributed by atoms with van der Waals surface area (Å²) in [5, 5.41) is 30.2. The van der Waals surface area contributed by atoms with E-state index in [1.807, 2.05) is 32.0 Å². The smallest absolute Gasteiger partial charge is 0.410 e. The normalized spacial score (nSPS) is 16.5. The van der Waals surface area contributed by atoms with Gasteiger partial charge in [0.1, 0.15) is 37.4 Å². The van der Waals surface area contributed by atoms with Crippen LogP contribution < -0.4 is 43.0 Å². The molecule has 93 heavy (non-hydrogen) atoms. The molecule has 1 fully saturated rings. The Hall–Kier alpha value is -7.84. The van der Waals surface area contributed by atoms with Gasteiger partial charge in [-0.1, -0.05) is 118 Å². The van der Waals surface area contributed by atoms with Crippen LogP contribution in [-0.4, -0.2) is 188 Å². The molecule has 0 aromatic heterocycles. The number of benzene rings is 2. The van der Waals surface area contributed by atoms with Gasteiger partial charge in [0.25, 0.3) is 0 Å². The van der Waals surface area contributed by atoms with Crippen molar-refractivity contribution >= 4 is 65.1 Å². The zero-order valence-electron chi connectivity index (χ0n) is 57.1. The van der Waals surface area contributed by atoms with Gasteiger partial charge in [-0.2, -0.15) is 0 Å². The number of urea groups is 1. The Morgan fingerprint density at radius 1 is 0.731 bits per heavy atom. The predicted molar refractivity (Wildman–Crippen MR) is 352 cm³/mol. The van der Waals surface area contributed by atoms with Crippen LogP contribution in [0.3, 0.4) is 0 Å². The molecule has 0 unspecified atom stereocenters. The van der Waals surface area contributed by atoms with E-state index in [2.05, 4.69) is 43.8 Å². The van der Waals surface area contributed by atoms with Crippen LogP contribution in [0.2, 0.25) is 0 Å². The highest BCUT2D eigenvalue weighted by molar-refractivity contribution is 5.98. The van der Waals surface area contributed by atoms with E-state index in [9.17, 15) is 53.1 Å². The molecule has 1 aliphatic rings. The minimum atomic E-state index is -1.12. The number of rotatable bonds is 40. The molecule has 0 saturated carbocycles. The molecule has 2 aromatic rings. The standard InChI is InChI=1S/C67H107N11O15/c1-16-43(9)58(51(90-14)38-54(81)78-36-23-27-50(78)60(91-15)44(10)61(83)71-45(11)59(82)47-24-19-18-20-25-47)76(12)65(87)56(41(5)6)75-64(86)57(42(7)8)77(13)67(89)93-39-46-30-32-48(33-31-46)72-62(84)49(26-22-34-70-66(68)88)73-63(85)55(40(3)4)74-53(80)29-21-28-52(79)69-35-37-92-17-2/h17-20,24-25,30-33,40-45,49-51,55-60,82H,2,16,21-23,26-29,34-39H2,1,3-15H3,(H,69,79)(H,71,83)(H,72,84)(H,73,85)(H,74,80)(H,75,86)(H3,68,70,88)/t43-,44+,45+,49-,50-,51+,55-,56-,57-,58-,59+,60+/m0/s1. The second kappa shape index (κ2) is 40.3.